The van der Waals surface area contributed by atoms with Gasteiger partial charge in [-0.3, -0.25) is 9.82 Å². The Morgan fingerprint density at radius 2 is 2.05 bits per heavy atom. The van der Waals surface area contributed by atoms with Crippen LogP contribution in [0.1, 0.15) is 16.8 Å². The van der Waals surface area contributed by atoms with Crippen molar-refractivity contribution in [1.82, 2.24) is 15.5 Å². The van der Waals surface area contributed by atoms with Crippen LogP contribution in [0, 0.1) is 19.7 Å². The summed E-state index contributed by atoms with van der Waals surface area (Å²) in [5, 5.41) is 9.22. The number of aryl methyl sites for hydroxylation is 2. The summed E-state index contributed by atoms with van der Waals surface area (Å²) < 4.78 is 40.9. The number of aromatic amines is 1. The molecule has 0 unspecified atom stereocenters. The third kappa shape index (κ3) is 3.06. The molecular formula is C13H17FN4O2S. The number of aromatic nitrogens is 2. The summed E-state index contributed by atoms with van der Waals surface area (Å²) in [6.45, 7) is 3.70. The topological polar surface area (TPSA) is 86.9 Å². The van der Waals surface area contributed by atoms with E-state index in [1.54, 1.807) is 27.0 Å². The fraction of sp³-hybridized carbons (Fsp3) is 0.308. The van der Waals surface area contributed by atoms with Gasteiger partial charge in [0.05, 0.1) is 5.69 Å². The van der Waals surface area contributed by atoms with Gasteiger partial charge in [0.25, 0.3) is 10.0 Å². The summed E-state index contributed by atoms with van der Waals surface area (Å²) in [6, 6.07) is 4.36. The SMILES string of the molecule is CNCc1c(S(=O)(=O)Nc2c(C)cccc2F)n[nH]c1C. The number of H-pyrrole nitrogens is 1. The van der Waals surface area contributed by atoms with Crippen LogP contribution in [0.4, 0.5) is 10.1 Å². The van der Waals surface area contributed by atoms with Crippen LogP contribution >= 0.6 is 0 Å². The third-order valence-corrected chi connectivity index (χ3v) is 4.42. The normalized spacial score (nSPS) is 11.6. The number of hydrogen-bond donors (Lipinski definition) is 3. The molecule has 6 nitrogen and oxygen atoms in total. The molecule has 2 aromatic rings. The lowest BCUT2D eigenvalue weighted by atomic mass is 10.2. The van der Waals surface area contributed by atoms with Crippen LogP contribution < -0.4 is 10.0 Å². The molecule has 0 atom stereocenters. The van der Waals surface area contributed by atoms with Gasteiger partial charge < -0.3 is 5.32 Å². The highest BCUT2D eigenvalue weighted by molar-refractivity contribution is 7.92. The third-order valence-electron chi connectivity index (χ3n) is 3.10. The minimum absolute atomic E-state index is 0.0615. The zero-order valence-corrected chi connectivity index (χ0v) is 12.8. The second-order valence-electron chi connectivity index (χ2n) is 4.70. The van der Waals surface area contributed by atoms with E-state index in [1.807, 2.05) is 0 Å². The molecule has 0 aliphatic carbocycles. The molecule has 0 aliphatic rings. The minimum atomic E-state index is -3.96. The molecule has 0 amide bonds. The van der Waals surface area contributed by atoms with Crippen molar-refractivity contribution in [3.05, 3.63) is 40.8 Å². The number of para-hydroxylation sites is 1. The Kier molecular flexibility index (Phi) is 4.29. The van der Waals surface area contributed by atoms with Crippen molar-refractivity contribution < 1.29 is 12.8 Å². The fourth-order valence-corrected chi connectivity index (χ4v) is 3.32. The molecule has 0 radical (unpaired) electrons. The molecule has 1 heterocycles. The Morgan fingerprint density at radius 1 is 1.33 bits per heavy atom. The van der Waals surface area contributed by atoms with E-state index in [1.165, 1.54) is 12.1 Å². The van der Waals surface area contributed by atoms with Crippen molar-refractivity contribution >= 4 is 15.7 Å². The molecule has 0 bridgehead atoms. The lowest BCUT2D eigenvalue weighted by molar-refractivity contribution is 0.592. The monoisotopic (exact) mass is 312 g/mol. The van der Waals surface area contributed by atoms with Gasteiger partial charge in [0.15, 0.2) is 0 Å². The van der Waals surface area contributed by atoms with Crippen LogP contribution in [-0.2, 0) is 16.6 Å². The average molecular weight is 312 g/mol. The summed E-state index contributed by atoms with van der Waals surface area (Å²) in [6.07, 6.45) is 0. The van der Waals surface area contributed by atoms with Crippen LogP contribution in [0.15, 0.2) is 23.2 Å². The number of halogens is 1. The van der Waals surface area contributed by atoms with E-state index in [4.69, 9.17) is 0 Å². The highest BCUT2D eigenvalue weighted by atomic mass is 32.2. The molecule has 0 saturated carbocycles. The quantitative estimate of drug-likeness (QED) is 0.784. The van der Waals surface area contributed by atoms with Gasteiger partial charge in [0.1, 0.15) is 5.82 Å². The highest BCUT2D eigenvalue weighted by Gasteiger charge is 2.25. The van der Waals surface area contributed by atoms with Crippen LogP contribution in [-0.4, -0.2) is 25.7 Å². The molecular weight excluding hydrogens is 295 g/mol. The molecule has 1 aromatic heterocycles. The van der Waals surface area contributed by atoms with Crippen LogP contribution in [0.25, 0.3) is 0 Å². The molecule has 1 aromatic carbocycles. The highest BCUT2D eigenvalue weighted by Crippen LogP contribution is 2.24. The molecule has 0 saturated heterocycles. The van der Waals surface area contributed by atoms with Gasteiger partial charge in [0.2, 0.25) is 5.03 Å². The van der Waals surface area contributed by atoms with Gasteiger partial charge in [0, 0.05) is 17.8 Å². The fourth-order valence-electron chi connectivity index (χ4n) is 1.98. The maximum Gasteiger partial charge on any atom is 0.281 e. The summed E-state index contributed by atoms with van der Waals surface area (Å²) >= 11 is 0. The van der Waals surface area contributed by atoms with Gasteiger partial charge in [-0.15, -0.1) is 0 Å². The predicted molar refractivity (Wildman–Crippen MR) is 78.0 cm³/mol. The summed E-state index contributed by atoms with van der Waals surface area (Å²) in [5.41, 5.74) is 1.61. The molecule has 3 N–H and O–H groups in total. The second-order valence-corrected chi connectivity index (χ2v) is 6.30. The molecule has 8 heteroatoms. The molecule has 2 rings (SSSR count). The van der Waals surface area contributed by atoms with E-state index in [9.17, 15) is 12.8 Å². The largest absolute Gasteiger partial charge is 0.316 e. The van der Waals surface area contributed by atoms with Crippen molar-refractivity contribution in [3.63, 3.8) is 0 Å². The van der Waals surface area contributed by atoms with Crippen molar-refractivity contribution in [2.75, 3.05) is 11.8 Å². The Bertz CT molecular complexity index is 735. The Balaban J connectivity index is 2.44. The Hall–Kier alpha value is -1.93. The summed E-state index contributed by atoms with van der Waals surface area (Å²) in [4.78, 5) is 0. The first-order chi connectivity index (χ1) is 9.86. The van der Waals surface area contributed by atoms with E-state index in [-0.39, 0.29) is 10.7 Å². The molecule has 0 aliphatic heterocycles. The maximum absolute atomic E-state index is 13.8. The van der Waals surface area contributed by atoms with E-state index < -0.39 is 15.8 Å². The summed E-state index contributed by atoms with van der Waals surface area (Å²) in [7, 11) is -2.26. The number of rotatable bonds is 5. The van der Waals surface area contributed by atoms with Crippen molar-refractivity contribution in [3.8, 4) is 0 Å². The molecule has 114 valence electrons. The van der Waals surface area contributed by atoms with E-state index >= 15 is 0 Å². The predicted octanol–water partition coefficient (Wildman–Crippen LogP) is 1.69. The zero-order valence-electron chi connectivity index (χ0n) is 12.0. The first kappa shape index (κ1) is 15.5. The molecule has 0 fully saturated rings. The van der Waals surface area contributed by atoms with Crippen molar-refractivity contribution in [2.24, 2.45) is 0 Å². The van der Waals surface area contributed by atoms with E-state index in [0.29, 0.717) is 23.4 Å². The van der Waals surface area contributed by atoms with Crippen LogP contribution in [0.5, 0.6) is 0 Å². The van der Waals surface area contributed by atoms with Gasteiger partial charge in [-0.1, -0.05) is 12.1 Å². The Morgan fingerprint density at radius 3 is 2.67 bits per heavy atom. The lowest BCUT2D eigenvalue weighted by Gasteiger charge is -2.11. The second kappa shape index (κ2) is 5.82. The van der Waals surface area contributed by atoms with Gasteiger partial charge in [-0.05, 0) is 32.5 Å². The number of sulfonamides is 1. The molecule has 0 spiro atoms. The number of nitrogens with one attached hydrogen (secondary N) is 3. The standard InChI is InChI=1S/C13H17FN4O2S/c1-8-5-4-6-11(14)12(8)18-21(19,20)13-10(7-15-3)9(2)16-17-13/h4-6,15,18H,7H2,1-3H3,(H,16,17). The van der Waals surface area contributed by atoms with Crippen LogP contribution in [0.3, 0.4) is 0 Å². The maximum atomic E-state index is 13.8. The van der Waals surface area contributed by atoms with Crippen molar-refractivity contribution in [1.29, 1.82) is 0 Å². The van der Waals surface area contributed by atoms with Gasteiger partial charge in [-0.2, -0.15) is 13.5 Å². The van der Waals surface area contributed by atoms with Gasteiger partial charge in [-0.25, -0.2) is 4.39 Å². The zero-order chi connectivity index (χ0) is 15.6. The smallest absolute Gasteiger partial charge is 0.281 e. The number of hydrogen-bond acceptors (Lipinski definition) is 4. The first-order valence-electron chi connectivity index (χ1n) is 6.33. The first-order valence-corrected chi connectivity index (χ1v) is 7.81. The van der Waals surface area contributed by atoms with Gasteiger partial charge >= 0.3 is 0 Å². The van der Waals surface area contributed by atoms with Crippen molar-refractivity contribution in [2.45, 2.75) is 25.4 Å². The average Bonchev–Trinajstić information content (AvgIpc) is 2.77. The summed E-state index contributed by atoms with van der Waals surface area (Å²) in [5.74, 6) is -0.624. The molecule has 21 heavy (non-hydrogen) atoms. The minimum Gasteiger partial charge on any atom is -0.316 e. The van der Waals surface area contributed by atoms with E-state index in [0.717, 1.165) is 0 Å². The number of anilines is 1. The van der Waals surface area contributed by atoms with E-state index in [2.05, 4.69) is 20.2 Å². The lowest BCUT2D eigenvalue weighted by Crippen LogP contribution is -2.18. The number of nitrogens with zero attached hydrogens (tertiary/aromatic N) is 1. The van der Waals surface area contributed by atoms with Crippen LogP contribution in [0.2, 0.25) is 0 Å². The number of benzene rings is 1. The Labute approximate surface area is 122 Å².